The predicted molar refractivity (Wildman–Crippen MR) is 52.1 cm³/mol. The predicted octanol–water partition coefficient (Wildman–Crippen LogP) is -0.0363. The minimum atomic E-state index is 0.443. The summed E-state index contributed by atoms with van der Waals surface area (Å²) in [4.78, 5) is 4.58. The average Bonchev–Trinajstić information content (AvgIpc) is 2.03. The third kappa shape index (κ3) is 1.86. The fraction of sp³-hybridized carbons (Fsp3) is 0.778. The summed E-state index contributed by atoms with van der Waals surface area (Å²) < 4.78 is 0. The van der Waals surface area contributed by atoms with Crippen LogP contribution in [0.5, 0.6) is 0 Å². The summed E-state index contributed by atoms with van der Waals surface area (Å²) in [6.45, 7) is 1.04. The Morgan fingerprint density at radius 2 is 2.17 bits per heavy atom. The van der Waals surface area contributed by atoms with Gasteiger partial charge in [-0.15, -0.1) is 0 Å². The molecule has 0 unspecified atom stereocenters. The Kier molecular flexibility index (Phi) is 3.26. The Balaban J connectivity index is 2.70. The van der Waals surface area contributed by atoms with Crippen LogP contribution in [-0.2, 0) is 0 Å². The van der Waals surface area contributed by atoms with Crippen LogP contribution in [0.15, 0.2) is 12.2 Å². The normalized spacial score (nSPS) is 31.4. The van der Waals surface area contributed by atoms with E-state index in [1.165, 1.54) is 0 Å². The van der Waals surface area contributed by atoms with Gasteiger partial charge in [0.05, 0.1) is 12.2 Å². The van der Waals surface area contributed by atoms with Gasteiger partial charge >= 0.3 is 0 Å². The van der Waals surface area contributed by atoms with Crippen LogP contribution in [0.4, 0.5) is 0 Å². The summed E-state index contributed by atoms with van der Waals surface area (Å²) in [5, 5.41) is 3.30. The molecule has 1 rings (SSSR count). The van der Waals surface area contributed by atoms with Gasteiger partial charge in [0, 0.05) is 6.54 Å². The lowest BCUT2D eigenvalue weighted by molar-refractivity contribution is 0.0868. The summed E-state index contributed by atoms with van der Waals surface area (Å²) in [7, 11) is 8.39. The van der Waals surface area contributed by atoms with E-state index in [2.05, 4.69) is 48.4 Å². The summed E-state index contributed by atoms with van der Waals surface area (Å²) >= 11 is 0. The van der Waals surface area contributed by atoms with Gasteiger partial charge in [-0.3, -0.25) is 9.80 Å². The van der Waals surface area contributed by atoms with Crippen LogP contribution >= 0.6 is 0 Å². The molecule has 1 aliphatic heterocycles. The molecule has 0 radical (unpaired) electrons. The first-order valence-corrected chi connectivity index (χ1v) is 4.37. The quantitative estimate of drug-likeness (QED) is 0.585. The second-order valence-corrected chi connectivity index (χ2v) is 3.56. The molecule has 3 heteroatoms. The van der Waals surface area contributed by atoms with Crippen LogP contribution in [0.25, 0.3) is 0 Å². The van der Waals surface area contributed by atoms with Crippen LogP contribution in [-0.4, -0.2) is 56.7 Å². The van der Waals surface area contributed by atoms with Gasteiger partial charge in [-0.2, -0.15) is 0 Å². The highest BCUT2D eigenvalue weighted by atomic mass is 15.3. The SMILES string of the molecule is CN[C@H]1C=CCN(C)[C@@H]1N(C)C. The molecule has 0 bridgehead atoms. The van der Waals surface area contributed by atoms with Gasteiger partial charge in [0.15, 0.2) is 0 Å². The van der Waals surface area contributed by atoms with Crippen molar-refractivity contribution in [3.8, 4) is 0 Å². The smallest absolute Gasteiger partial charge is 0.0812 e. The monoisotopic (exact) mass is 169 g/mol. The molecular weight excluding hydrogens is 150 g/mol. The number of nitrogens with one attached hydrogen (secondary N) is 1. The van der Waals surface area contributed by atoms with Crippen LogP contribution in [0.2, 0.25) is 0 Å². The van der Waals surface area contributed by atoms with E-state index in [-0.39, 0.29) is 0 Å². The third-order valence-electron chi connectivity index (χ3n) is 2.37. The fourth-order valence-electron chi connectivity index (χ4n) is 1.82. The maximum Gasteiger partial charge on any atom is 0.0812 e. The minimum Gasteiger partial charge on any atom is -0.311 e. The zero-order chi connectivity index (χ0) is 9.14. The Labute approximate surface area is 75.0 Å². The lowest BCUT2D eigenvalue weighted by Crippen LogP contribution is -2.56. The van der Waals surface area contributed by atoms with Gasteiger partial charge in [-0.25, -0.2) is 0 Å². The van der Waals surface area contributed by atoms with Crippen LogP contribution in [0.1, 0.15) is 0 Å². The molecule has 1 N–H and O–H groups in total. The summed E-state index contributed by atoms with van der Waals surface area (Å²) in [6, 6.07) is 0.443. The Morgan fingerprint density at radius 3 is 2.58 bits per heavy atom. The molecule has 0 spiro atoms. The van der Waals surface area contributed by atoms with Gasteiger partial charge in [0.2, 0.25) is 0 Å². The number of nitrogens with zero attached hydrogens (tertiary/aromatic N) is 2. The highest BCUT2D eigenvalue weighted by Gasteiger charge is 2.25. The zero-order valence-corrected chi connectivity index (χ0v) is 8.41. The highest BCUT2D eigenvalue weighted by Crippen LogP contribution is 2.11. The highest BCUT2D eigenvalue weighted by molar-refractivity contribution is 5.04. The second-order valence-electron chi connectivity index (χ2n) is 3.56. The number of likely N-dealkylation sites (N-methyl/N-ethyl adjacent to an activating group) is 3. The molecule has 0 saturated carbocycles. The molecule has 1 heterocycles. The van der Waals surface area contributed by atoms with E-state index in [9.17, 15) is 0 Å². The molecular formula is C9H19N3. The van der Waals surface area contributed by atoms with E-state index in [4.69, 9.17) is 0 Å². The van der Waals surface area contributed by atoms with Crippen LogP contribution in [0, 0.1) is 0 Å². The first kappa shape index (κ1) is 9.71. The Hall–Kier alpha value is -0.380. The summed E-state index contributed by atoms with van der Waals surface area (Å²) in [5.41, 5.74) is 0. The lowest BCUT2D eigenvalue weighted by Gasteiger charge is -2.39. The standard InChI is InChI=1S/C9H19N3/c1-10-8-6-5-7-12(4)9(8)11(2)3/h5-6,8-10H,7H2,1-4H3/t8-,9-/m0/s1. The van der Waals surface area contributed by atoms with Gasteiger partial charge in [0.25, 0.3) is 0 Å². The zero-order valence-electron chi connectivity index (χ0n) is 8.41. The molecule has 0 aromatic heterocycles. The number of rotatable bonds is 2. The van der Waals surface area contributed by atoms with Crippen LogP contribution < -0.4 is 5.32 Å². The molecule has 0 fully saturated rings. The summed E-state index contributed by atoms with van der Waals surface area (Å²) in [5.74, 6) is 0. The molecule has 0 amide bonds. The first-order valence-electron chi connectivity index (χ1n) is 4.37. The van der Waals surface area contributed by atoms with Gasteiger partial charge < -0.3 is 5.32 Å². The van der Waals surface area contributed by atoms with E-state index in [0.29, 0.717) is 12.2 Å². The lowest BCUT2D eigenvalue weighted by atomic mass is 10.1. The molecule has 0 aliphatic carbocycles. The molecule has 70 valence electrons. The Morgan fingerprint density at radius 1 is 1.50 bits per heavy atom. The third-order valence-corrected chi connectivity index (χ3v) is 2.37. The number of hydrogen-bond donors (Lipinski definition) is 1. The van der Waals surface area contributed by atoms with E-state index in [1.807, 2.05) is 7.05 Å². The molecule has 12 heavy (non-hydrogen) atoms. The molecule has 3 nitrogen and oxygen atoms in total. The maximum absolute atomic E-state index is 3.30. The Bertz CT molecular complexity index is 165. The fourth-order valence-corrected chi connectivity index (χ4v) is 1.82. The molecule has 1 aliphatic rings. The van der Waals surface area contributed by atoms with Gasteiger partial charge in [0.1, 0.15) is 0 Å². The number of hydrogen-bond acceptors (Lipinski definition) is 3. The molecule has 0 aromatic carbocycles. The van der Waals surface area contributed by atoms with Crippen molar-refractivity contribution < 1.29 is 0 Å². The van der Waals surface area contributed by atoms with Crippen molar-refractivity contribution in [1.29, 1.82) is 0 Å². The van der Waals surface area contributed by atoms with E-state index >= 15 is 0 Å². The van der Waals surface area contributed by atoms with Gasteiger partial charge in [-0.1, -0.05) is 12.2 Å². The maximum atomic E-state index is 3.30. The molecule has 2 atom stereocenters. The van der Waals surface area contributed by atoms with Crippen molar-refractivity contribution in [1.82, 2.24) is 15.1 Å². The average molecular weight is 169 g/mol. The molecule has 0 aromatic rings. The van der Waals surface area contributed by atoms with Crippen molar-refractivity contribution in [3.05, 3.63) is 12.2 Å². The van der Waals surface area contributed by atoms with Gasteiger partial charge in [-0.05, 0) is 28.2 Å². The van der Waals surface area contributed by atoms with Crippen molar-refractivity contribution in [2.75, 3.05) is 34.7 Å². The van der Waals surface area contributed by atoms with Crippen LogP contribution in [0.3, 0.4) is 0 Å². The van der Waals surface area contributed by atoms with E-state index < -0.39 is 0 Å². The summed E-state index contributed by atoms with van der Waals surface area (Å²) in [6.07, 6.45) is 4.92. The van der Waals surface area contributed by atoms with Crippen molar-refractivity contribution in [2.24, 2.45) is 0 Å². The van der Waals surface area contributed by atoms with E-state index in [0.717, 1.165) is 6.54 Å². The van der Waals surface area contributed by atoms with Crippen molar-refractivity contribution >= 4 is 0 Å². The first-order chi connectivity index (χ1) is 5.66. The van der Waals surface area contributed by atoms with Crippen molar-refractivity contribution in [3.63, 3.8) is 0 Å². The van der Waals surface area contributed by atoms with E-state index in [1.54, 1.807) is 0 Å². The second kappa shape index (κ2) is 4.03. The largest absolute Gasteiger partial charge is 0.311 e. The molecule has 0 saturated heterocycles. The minimum absolute atomic E-state index is 0.443. The van der Waals surface area contributed by atoms with Crippen molar-refractivity contribution in [2.45, 2.75) is 12.2 Å². The topological polar surface area (TPSA) is 18.5 Å².